The van der Waals surface area contributed by atoms with Gasteiger partial charge in [-0.1, -0.05) is 17.2 Å². The number of alkyl halides is 2. The summed E-state index contributed by atoms with van der Waals surface area (Å²) in [6.45, 7) is -3.21. The van der Waals surface area contributed by atoms with Gasteiger partial charge >= 0.3 is 26.3 Å². The Kier molecular flexibility index (Phi) is 20.2. The molecule has 5 N–H and O–H groups in total. The number of rotatable bonds is 29. The van der Waals surface area contributed by atoms with Crippen LogP contribution in [0.4, 0.5) is 14.6 Å². The van der Waals surface area contributed by atoms with E-state index in [4.69, 9.17) is 58.0 Å². The number of ether oxygens (including phenoxy) is 7. The van der Waals surface area contributed by atoms with E-state index in [2.05, 4.69) is 25.0 Å². The SMILES string of the molecule is [N-]=[N+]=NCCCOCCOCCOCCOc1ccc(C(=O)Oc2ccc(CSP(=O)(O)OC[C@H]3O[C@@H](n4cnc5c(N)ncnc54)[C@H](F)[C@@H]3OP(=O)(O)OC[C@@H]3C[C@@H](F)[C@H](n4ccc(=O)[nH]c4=O)O3)cc2)cc1. The Labute approximate surface area is 422 Å². The summed E-state index contributed by atoms with van der Waals surface area (Å²) in [6.07, 6.45) is -8.64. The van der Waals surface area contributed by atoms with Gasteiger partial charge in [0.2, 0.25) is 0 Å². The Morgan fingerprint density at radius 3 is 2.31 bits per heavy atom. The lowest BCUT2D eigenvalue weighted by atomic mass is 10.1. The van der Waals surface area contributed by atoms with Crippen LogP contribution >= 0.6 is 26.0 Å². The first-order valence-electron chi connectivity index (χ1n) is 22.5. The zero-order valence-electron chi connectivity index (χ0n) is 38.9. The van der Waals surface area contributed by atoms with Gasteiger partial charge in [-0.3, -0.25) is 32.5 Å². The molecule has 400 valence electrons. The van der Waals surface area contributed by atoms with Gasteiger partial charge in [-0.2, -0.15) is 0 Å². The first-order chi connectivity index (χ1) is 35.6. The van der Waals surface area contributed by atoms with Crippen LogP contribution in [0.3, 0.4) is 0 Å². The fourth-order valence-electron chi connectivity index (χ4n) is 7.19. The number of hydrogen-bond acceptors (Lipinski definition) is 21. The van der Waals surface area contributed by atoms with Crippen LogP contribution in [0.2, 0.25) is 0 Å². The van der Waals surface area contributed by atoms with Crippen molar-refractivity contribution < 1.29 is 79.2 Å². The number of imidazole rings is 1. The van der Waals surface area contributed by atoms with E-state index >= 15 is 4.39 Å². The molecule has 2 aliphatic rings. The molecule has 0 radical (unpaired) electrons. The lowest BCUT2D eigenvalue weighted by molar-refractivity contribution is -0.0500. The smallest absolute Gasteiger partial charge is 0.472 e. The van der Waals surface area contributed by atoms with Crippen LogP contribution in [0.25, 0.3) is 21.6 Å². The second kappa shape index (κ2) is 26.7. The number of azide groups is 1. The zero-order chi connectivity index (χ0) is 52.7. The molecule has 0 saturated carbocycles. The predicted molar refractivity (Wildman–Crippen MR) is 255 cm³/mol. The third kappa shape index (κ3) is 15.9. The van der Waals surface area contributed by atoms with Gasteiger partial charge in [0.05, 0.1) is 64.2 Å². The number of H-pyrrole nitrogens is 1. The van der Waals surface area contributed by atoms with E-state index < -0.39 is 94.6 Å². The van der Waals surface area contributed by atoms with Crippen molar-refractivity contribution in [3.8, 4) is 11.5 Å². The Morgan fingerprint density at radius 1 is 0.892 bits per heavy atom. The van der Waals surface area contributed by atoms with Crippen molar-refractivity contribution >= 4 is 49.0 Å². The maximum absolute atomic E-state index is 16.4. The van der Waals surface area contributed by atoms with Gasteiger partial charge in [0.15, 0.2) is 30.1 Å². The Bertz CT molecular complexity index is 2920. The highest BCUT2D eigenvalue weighted by atomic mass is 32.7. The molecular formula is C42H50F2N10O17P2S. The Morgan fingerprint density at radius 2 is 1.59 bits per heavy atom. The number of esters is 1. The molecule has 0 bridgehead atoms. The largest absolute Gasteiger partial charge is 0.491 e. The highest BCUT2D eigenvalue weighted by Crippen LogP contribution is 2.58. The number of aromatic amines is 1. The summed E-state index contributed by atoms with van der Waals surface area (Å²) in [6, 6.07) is 13.3. The molecule has 2 fully saturated rings. The van der Waals surface area contributed by atoms with Crippen LogP contribution in [0, 0.1) is 0 Å². The lowest BCUT2D eigenvalue weighted by Gasteiger charge is -2.23. The summed E-state index contributed by atoms with van der Waals surface area (Å²) in [5.74, 6) is -0.104. The van der Waals surface area contributed by atoms with Crippen LogP contribution < -0.4 is 26.5 Å². The molecule has 74 heavy (non-hydrogen) atoms. The molecule has 2 saturated heterocycles. The average molecular weight is 1100 g/mol. The average Bonchev–Trinajstić information content (AvgIpc) is 4.07. The number of nitrogen functional groups attached to an aromatic ring is 1. The van der Waals surface area contributed by atoms with E-state index in [0.29, 0.717) is 75.3 Å². The van der Waals surface area contributed by atoms with Gasteiger partial charge in [-0.15, -0.1) is 0 Å². The van der Waals surface area contributed by atoms with Crippen molar-refractivity contribution in [3.63, 3.8) is 0 Å². The molecule has 32 heteroatoms. The lowest BCUT2D eigenvalue weighted by Crippen LogP contribution is -2.34. The van der Waals surface area contributed by atoms with Crippen molar-refractivity contribution in [1.82, 2.24) is 29.1 Å². The molecular weight excluding hydrogens is 1050 g/mol. The molecule has 7 rings (SSSR count). The first-order valence-corrected chi connectivity index (χ1v) is 27.2. The quantitative estimate of drug-likeness (QED) is 0.00957. The summed E-state index contributed by atoms with van der Waals surface area (Å²) in [5.41, 5.74) is 13.3. The number of nitrogens with two attached hydrogens (primary N) is 1. The molecule has 5 aromatic rings. The molecule has 0 spiro atoms. The van der Waals surface area contributed by atoms with Crippen LogP contribution in [0.5, 0.6) is 11.5 Å². The number of halogens is 2. The number of aromatic nitrogens is 6. The third-order valence-electron chi connectivity index (χ3n) is 10.7. The van der Waals surface area contributed by atoms with Crippen LogP contribution in [0.15, 0.2) is 88.2 Å². The third-order valence-corrected chi connectivity index (χ3v) is 14.7. The number of fused-ring (bicyclic) bond motifs is 1. The summed E-state index contributed by atoms with van der Waals surface area (Å²) < 4.78 is 114. The number of carbonyl (C=O) groups is 1. The van der Waals surface area contributed by atoms with Crippen molar-refractivity contribution in [1.29, 1.82) is 0 Å². The van der Waals surface area contributed by atoms with Gasteiger partial charge in [-0.25, -0.2) is 42.5 Å². The van der Waals surface area contributed by atoms with Crippen LogP contribution in [-0.2, 0) is 52.1 Å². The van der Waals surface area contributed by atoms with Crippen molar-refractivity contribution in [2.75, 3.05) is 71.7 Å². The molecule has 2 aromatic carbocycles. The van der Waals surface area contributed by atoms with Crippen molar-refractivity contribution in [2.45, 2.75) is 61.7 Å². The molecule has 0 aliphatic carbocycles. The van der Waals surface area contributed by atoms with E-state index in [-0.39, 0.29) is 40.7 Å². The minimum Gasteiger partial charge on any atom is -0.491 e. The number of carbonyl (C=O) groups excluding carboxylic acids is 1. The number of phosphoric ester groups is 1. The van der Waals surface area contributed by atoms with E-state index in [0.717, 1.165) is 34.1 Å². The number of benzene rings is 2. The number of phosphoric acid groups is 1. The number of anilines is 1. The molecule has 9 atom stereocenters. The molecule has 3 aromatic heterocycles. The van der Waals surface area contributed by atoms with E-state index in [9.17, 15) is 37.7 Å². The van der Waals surface area contributed by atoms with Crippen LogP contribution in [0.1, 0.15) is 41.2 Å². The predicted octanol–water partition coefficient (Wildman–Crippen LogP) is 4.72. The summed E-state index contributed by atoms with van der Waals surface area (Å²) in [4.78, 5) is 74.8. The highest BCUT2D eigenvalue weighted by Gasteiger charge is 2.51. The molecule has 0 amide bonds. The second-order valence-electron chi connectivity index (χ2n) is 15.9. The van der Waals surface area contributed by atoms with Crippen molar-refractivity contribution in [2.24, 2.45) is 5.11 Å². The normalized spacial score (nSPS) is 22.2. The highest BCUT2D eigenvalue weighted by molar-refractivity contribution is 8.54. The molecule has 2 aliphatic heterocycles. The number of nitrogens with zero attached hydrogens (tertiary/aromatic N) is 8. The number of nitrogens with one attached hydrogen (secondary N) is 1. The van der Waals surface area contributed by atoms with Gasteiger partial charge in [0.25, 0.3) is 5.56 Å². The van der Waals surface area contributed by atoms with Crippen molar-refractivity contribution in [3.05, 3.63) is 116 Å². The van der Waals surface area contributed by atoms with E-state index in [1.807, 2.05) is 4.98 Å². The fraction of sp³-hybridized carbons (Fsp3) is 0.476. The summed E-state index contributed by atoms with van der Waals surface area (Å²) in [5, 5.41) is 3.43. The summed E-state index contributed by atoms with van der Waals surface area (Å²) in [7, 11) is -5.27. The minimum atomic E-state index is -5.27. The Balaban J connectivity index is 0.863. The summed E-state index contributed by atoms with van der Waals surface area (Å²) >= 11 is 0.482. The van der Waals surface area contributed by atoms with Gasteiger partial charge in [0.1, 0.15) is 48.3 Å². The topological polar surface area (TPSA) is 357 Å². The maximum atomic E-state index is 16.4. The molecule has 27 nitrogen and oxygen atoms in total. The first kappa shape index (κ1) is 56.1. The zero-order valence-corrected chi connectivity index (χ0v) is 41.5. The number of hydrogen-bond donors (Lipinski definition) is 4. The van der Waals surface area contributed by atoms with E-state index in [1.54, 1.807) is 24.3 Å². The molecule has 2 unspecified atom stereocenters. The Hall–Kier alpha value is -5.68. The van der Waals surface area contributed by atoms with E-state index in [1.165, 1.54) is 24.3 Å². The second-order valence-corrected chi connectivity index (χ2v) is 21.2. The van der Waals surface area contributed by atoms with Crippen LogP contribution in [-0.4, -0.2) is 141 Å². The van der Waals surface area contributed by atoms with Gasteiger partial charge < -0.3 is 48.7 Å². The monoisotopic (exact) mass is 1100 g/mol. The standard InChI is InChI=1S/C42H50F2N10O17P2S/c43-31-20-30(68-39(31)53-12-10-33(55)51-42(53)57)21-66-72(58,59)71-36-32(70-40(34(36)44)54-25-49-35-37(45)47-24-48-38(35)54)22-67-73(60,61)74-23-26-2-6-29(7-3-26)69-41(56)27-4-8-28(9-5-27)65-19-18-64-17-16-63-15-14-62-13-1-11-50-52-46/h2-10,12,24-25,30-32,34,36,39-40H,1,11,13-23H2,(H,58,59)(H,60,61)(H2,45,47,48)(H,51,55,57)/t30-,31+,32+,34+,36+,39+,40+/m0/s1. The van der Waals surface area contributed by atoms with Gasteiger partial charge in [0, 0.05) is 42.5 Å². The maximum Gasteiger partial charge on any atom is 0.472 e. The molecule has 5 heterocycles. The fourth-order valence-corrected chi connectivity index (χ4v) is 10.4. The minimum absolute atomic E-state index is 0.0164. The van der Waals surface area contributed by atoms with Gasteiger partial charge in [-0.05, 0) is 65.3 Å².